The minimum atomic E-state index is 1.27. The maximum atomic E-state index is 2.30. The van der Waals surface area contributed by atoms with Crippen LogP contribution in [0.5, 0.6) is 0 Å². The van der Waals surface area contributed by atoms with Gasteiger partial charge in [-0.2, -0.15) is 0 Å². The van der Waals surface area contributed by atoms with Gasteiger partial charge in [0.25, 0.3) is 0 Å². The maximum absolute atomic E-state index is 2.30. The Morgan fingerprint density at radius 1 is 1.33 bits per heavy atom. The van der Waals surface area contributed by atoms with Crippen LogP contribution in [0.4, 0.5) is 0 Å². The minimum absolute atomic E-state index is 1.27. The highest BCUT2D eigenvalue weighted by atomic mass is 32.2. The summed E-state index contributed by atoms with van der Waals surface area (Å²) in [4.78, 5) is 1.66. The third-order valence-corrected chi connectivity index (χ3v) is 3.09. The van der Waals surface area contributed by atoms with Crippen molar-refractivity contribution in [2.45, 2.75) is 19.3 Å². The van der Waals surface area contributed by atoms with Crippen LogP contribution >= 0.6 is 11.8 Å². The van der Waals surface area contributed by atoms with Gasteiger partial charge in [0.15, 0.2) is 0 Å². The standard InChI is InChI=1S/C8H10S/c1-2-4-8-7(3-1)5-6-9-8/h1,3H,2,4-6H2. The monoisotopic (exact) mass is 138 g/mol. The van der Waals surface area contributed by atoms with Gasteiger partial charge in [0, 0.05) is 5.75 Å². The Morgan fingerprint density at radius 3 is 3.22 bits per heavy atom. The van der Waals surface area contributed by atoms with Crippen LogP contribution in [0.1, 0.15) is 19.3 Å². The molecule has 0 aromatic rings. The van der Waals surface area contributed by atoms with E-state index in [1.165, 1.54) is 25.0 Å². The molecular weight excluding hydrogens is 128 g/mol. The van der Waals surface area contributed by atoms with Crippen LogP contribution in [0.2, 0.25) is 0 Å². The van der Waals surface area contributed by atoms with Crippen molar-refractivity contribution in [2.24, 2.45) is 0 Å². The Labute approximate surface area is 60.0 Å². The van der Waals surface area contributed by atoms with Crippen molar-refractivity contribution in [1.82, 2.24) is 0 Å². The van der Waals surface area contributed by atoms with E-state index in [9.17, 15) is 0 Å². The van der Waals surface area contributed by atoms with Gasteiger partial charge in [0.05, 0.1) is 0 Å². The largest absolute Gasteiger partial charge is 0.130 e. The summed E-state index contributed by atoms with van der Waals surface area (Å²) in [5, 5.41) is 0. The first-order valence-corrected chi connectivity index (χ1v) is 4.47. The SMILES string of the molecule is C1=CC2=C(CC1)SCC2. The second-order valence-electron chi connectivity index (χ2n) is 2.49. The van der Waals surface area contributed by atoms with E-state index in [2.05, 4.69) is 23.9 Å². The predicted molar refractivity (Wildman–Crippen MR) is 42.5 cm³/mol. The van der Waals surface area contributed by atoms with E-state index in [1.54, 1.807) is 10.5 Å². The normalized spacial score (nSPS) is 24.9. The number of allylic oxidation sites excluding steroid dienone is 4. The fourth-order valence-corrected chi connectivity index (χ4v) is 2.55. The van der Waals surface area contributed by atoms with Crippen molar-refractivity contribution in [3.8, 4) is 0 Å². The molecular formula is C8H10S. The van der Waals surface area contributed by atoms with Crippen LogP contribution in [-0.2, 0) is 0 Å². The van der Waals surface area contributed by atoms with Crippen LogP contribution < -0.4 is 0 Å². The summed E-state index contributed by atoms with van der Waals surface area (Å²) >= 11 is 2.05. The molecule has 9 heavy (non-hydrogen) atoms. The molecule has 1 heterocycles. The van der Waals surface area contributed by atoms with Gasteiger partial charge in [-0.1, -0.05) is 12.2 Å². The summed E-state index contributed by atoms with van der Waals surface area (Å²) in [6.45, 7) is 0. The molecule has 0 unspecified atom stereocenters. The highest BCUT2D eigenvalue weighted by Gasteiger charge is 2.13. The average Bonchev–Trinajstić information content (AvgIpc) is 2.33. The van der Waals surface area contributed by atoms with E-state index in [4.69, 9.17) is 0 Å². The topological polar surface area (TPSA) is 0 Å². The van der Waals surface area contributed by atoms with Crippen LogP contribution in [0.15, 0.2) is 22.6 Å². The van der Waals surface area contributed by atoms with Gasteiger partial charge in [-0.15, -0.1) is 11.8 Å². The van der Waals surface area contributed by atoms with Gasteiger partial charge in [0.2, 0.25) is 0 Å². The van der Waals surface area contributed by atoms with Crippen LogP contribution in [0, 0.1) is 0 Å². The molecule has 1 aliphatic heterocycles. The van der Waals surface area contributed by atoms with Gasteiger partial charge in [-0.3, -0.25) is 0 Å². The molecule has 0 aromatic carbocycles. The van der Waals surface area contributed by atoms with Crippen LogP contribution in [-0.4, -0.2) is 5.75 Å². The Hall–Kier alpha value is -0.170. The van der Waals surface area contributed by atoms with Gasteiger partial charge < -0.3 is 0 Å². The van der Waals surface area contributed by atoms with Crippen LogP contribution in [0.25, 0.3) is 0 Å². The van der Waals surface area contributed by atoms with Gasteiger partial charge in [0.1, 0.15) is 0 Å². The van der Waals surface area contributed by atoms with Crippen molar-refractivity contribution >= 4 is 11.8 Å². The molecule has 0 spiro atoms. The van der Waals surface area contributed by atoms with Gasteiger partial charge in [-0.05, 0) is 29.7 Å². The summed E-state index contributed by atoms with van der Waals surface area (Å²) in [6, 6.07) is 0. The number of rotatable bonds is 0. The second kappa shape index (κ2) is 2.22. The zero-order valence-electron chi connectivity index (χ0n) is 5.39. The summed E-state index contributed by atoms with van der Waals surface area (Å²) in [7, 11) is 0. The second-order valence-corrected chi connectivity index (χ2v) is 3.68. The molecule has 0 bridgehead atoms. The number of hydrogen-bond acceptors (Lipinski definition) is 1. The molecule has 0 N–H and O–H groups in total. The minimum Gasteiger partial charge on any atom is -0.130 e. The lowest BCUT2D eigenvalue weighted by molar-refractivity contribution is 0.989. The number of thioether (sulfide) groups is 1. The maximum Gasteiger partial charge on any atom is 0.00177 e. The Balaban J connectivity index is 2.28. The fraction of sp³-hybridized carbons (Fsp3) is 0.500. The molecule has 0 radical (unpaired) electrons. The highest BCUT2D eigenvalue weighted by molar-refractivity contribution is 8.03. The first kappa shape index (κ1) is 5.60. The van der Waals surface area contributed by atoms with E-state index in [-0.39, 0.29) is 0 Å². The van der Waals surface area contributed by atoms with Gasteiger partial charge in [-0.25, -0.2) is 0 Å². The lowest BCUT2D eigenvalue weighted by Gasteiger charge is -2.04. The molecule has 0 aromatic heterocycles. The average molecular weight is 138 g/mol. The zero-order valence-corrected chi connectivity index (χ0v) is 6.21. The summed E-state index contributed by atoms with van der Waals surface area (Å²) in [5.74, 6) is 1.33. The molecule has 0 fully saturated rings. The Bertz CT molecular complexity index is 177. The molecule has 0 nitrogen and oxygen atoms in total. The zero-order chi connectivity index (χ0) is 6.10. The quantitative estimate of drug-likeness (QED) is 0.496. The first-order valence-electron chi connectivity index (χ1n) is 3.48. The van der Waals surface area contributed by atoms with E-state index < -0.39 is 0 Å². The smallest absolute Gasteiger partial charge is 0.00177 e. The van der Waals surface area contributed by atoms with Crippen molar-refractivity contribution in [3.63, 3.8) is 0 Å². The predicted octanol–water partition coefficient (Wildman–Crippen LogP) is 2.73. The van der Waals surface area contributed by atoms with E-state index in [0.717, 1.165) is 0 Å². The molecule has 2 aliphatic rings. The van der Waals surface area contributed by atoms with Gasteiger partial charge >= 0.3 is 0 Å². The summed E-state index contributed by atoms with van der Waals surface area (Å²) < 4.78 is 0. The Kier molecular flexibility index (Phi) is 1.38. The van der Waals surface area contributed by atoms with E-state index >= 15 is 0 Å². The molecule has 0 amide bonds. The van der Waals surface area contributed by atoms with E-state index in [0.29, 0.717) is 0 Å². The summed E-state index contributed by atoms with van der Waals surface area (Å²) in [6.07, 6.45) is 8.50. The summed E-state index contributed by atoms with van der Waals surface area (Å²) in [5.41, 5.74) is 1.62. The number of hydrogen-bond donors (Lipinski definition) is 0. The van der Waals surface area contributed by atoms with Crippen molar-refractivity contribution in [2.75, 3.05) is 5.75 Å². The van der Waals surface area contributed by atoms with Crippen molar-refractivity contribution in [3.05, 3.63) is 22.6 Å². The van der Waals surface area contributed by atoms with Crippen molar-refractivity contribution < 1.29 is 0 Å². The molecule has 0 atom stereocenters. The molecule has 1 aliphatic carbocycles. The van der Waals surface area contributed by atoms with Crippen LogP contribution in [0.3, 0.4) is 0 Å². The van der Waals surface area contributed by atoms with Crippen molar-refractivity contribution in [1.29, 1.82) is 0 Å². The lowest BCUT2D eigenvalue weighted by Crippen LogP contribution is -1.83. The molecule has 1 heteroatoms. The third kappa shape index (κ3) is 0.940. The molecule has 0 saturated carbocycles. The van der Waals surface area contributed by atoms with E-state index in [1.807, 2.05) is 0 Å². The Morgan fingerprint density at radius 2 is 2.33 bits per heavy atom. The lowest BCUT2D eigenvalue weighted by atomic mass is 10.1. The highest BCUT2D eigenvalue weighted by Crippen LogP contribution is 2.37. The first-order chi connectivity index (χ1) is 4.47. The fourth-order valence-electron chi connectivity index (χ4n) is 1.37. The molecule has 2 rings (SSSR count). The molecule has 48 valence electrons. The third-order valence-electron chi connectivity index (χ3n) is 1.86. The molecule has 0 saturated heterocycles.